The van der Waals surface area contributed by atoms with Crippen molar-refractivity contribution in [3.05, 3.63) is 29.8 Å². The number of carbonyl (C=O) groups is 1. The summed E-state index contributed by atoms with van der Waals surface area (Å²) in [5, 5.41) is 3.88. The number of nitrogens with zero attached hydrogens (tertiary/aromatic N) is 1. The van der Waals surface area contributed by atoms with E-state index in [-0.39, 0.29) is 5.97 Å². The number of para-hydroxylation sites is 1. The molecule has 0 atom stereocenters. The van der Waals surface area contributed by atoms with Crippen molar-refractivity contribution in [1.82, 2.24) is 4.90 Å². The number of nitrogens with one attached hydrogen (secondary N) is 1. The van der Waals surface area contributed by atoms with Gasteiger partial charge in [-0.2, -0.15) is 0 Å². The summed E-state index contributed by atoms with van der Waals surface area (Å²) in [5.74, 6) is 0.414. The van der Waals surface area contributed by atoms with Crippen LogP contribution < -0.4 is 5.32 Å². The van der Waals surface area contributed by atoms with Crippen molar-refractivity contribution in [3.8, 4) is 0 Å². The molecule has 0 saturated heterocycles. The smallest absolute Gasteiger partial charge is 0.339 e. The molecule has 0 spiro atoms. The van der Waals surface area contributed by atoms with Crippen LogP contribution in [0, 0.1) is 5.92 Å². The molecule has 0 aromatic heterocycles. The van der Waals surface area contributed by atoms with Gasteiger partial charge in [0, 0.05) is 13.1 Å². The van der Waals surface area contributed by atoms with Gasteiger partial charge in [0.15, 0.2) is 5.11 Å². The number of ether oxygens (including phenoxy) is 1. The Bertz CT molecular complexity index is 515. The molecular formula is C16H22N2O2S. The standard InChI is InChI=1S/C16H22N2O2S/c1-3-10-18(11-12-8-9-12)16(21)17-14-7-5-4-6-13(14)15(19)20-2/h4-7,12H,3,8-11H2,1-2H3,(H,17,21). The Balaban J connectivity index is 2.08. The number of esters is 1. The van der Waals surface area contributed by atoms with E-state index in [0.717, 1.165) is 25.4 Å². The van der Waals surface area contributed by atoms with Gasteiger partial charge in [-0.15, -0.1) is 0 Å². The number of hydrogen-bond donors (Lipinski definition) is 1. The number of anilines is 1. The number of benzene rings is 1. The van der Waals surface area contributed by atoms with Crippen LogP contribution in [0.15, 0.2) is 24.3 Å². The van der Waals surface area contributed by atoms with Gasteiger partial charge in [0.25, 0.3) is 0 Å². The van der Waals surface area contributed by atoms with E-state index in [1.807, 2.05) is 18.2 Å². The van der Waals surface area contributed by atoms with E-state index in [9.17, 15) is 4.79 Å². The third-order valence-corrected chi connectivity index (χ3v) is 3.89. The second kappa shape index (κ2) is 7.41. The molecular weight excluding hydrogens is 284 g/mol. The Morgan fingerprint density at radius 1 is 1.43 bits per heavy atom. The number of thiocarbonyl (C=S) groups is 1. The molecule has 5 heteroatoms. The lowest BCUT2D eigenvalue weighted by atomic mass is 10.2. The van der Waals surface area contributed by atoms with Crippen molar-refractivity contribution in [3.63, 3.8) is 0 Å². The minimum atomic E-state index is -0.356. The summed E-state index contributed by atoms with van der Waals surface area (Å²) in [7, 11) is 1.38. The summed E-state index contributed by atoms with van der Waals surface area (Å²) in [6, 6.07) is 7.28. The van der Waals surface area contributed by atoms with E-state index in [4.69, 9.17) is 17.0 Å². The summed E-state index contributed by atoms with van der Waals surface area (Å²) >= 11 is 5.51. The predicted octanol–water partition coefficient (Wildman–Crippen LogP) is 3.29. The molecule has 1 fully saturated rings. The third kappa shape index (κ3) is 4.43. The molecule has 0 heterocycles. The van der Waals surface area contributed by atoms with Crippen LogP contribution in [0.5, 0.6) is 0 Å². The molecule has 114 valence electrons. The van der Waals surface area contributed by atoms with Crippen LogP contribution in [0.4, 0.5) is 5.69 Å². The molecule has 1 N–H and O–H groups in total. The molecule has 21 heavy (non-hydrogen) atoms. The normalized spacial score (nSPS) is 13.6. The highest BCUT2D eigenvalue weighted by Crippen LogP contribution is 2.30. The largest absolute Gasteiger partial charge is 0.465 e. The minimum absolute atomic E-state index is 0.356. The molecule has 1 saturated carbocycles. The summed E-state index contributed by atoms with van der Waals surface area (Å²) < 4.78 is 4.81. The molecule has 1 aromatic carbocycles. The highest BCUT2D eigenvalue weighted by molar-refractivity contribution is 7.80. The molecule has 1 aliphatic rings. The van der Waals surface area contributed by atoms with Gasteiger partial charge in [0.1, 0.15) is 0 Å². The minimum Gasteiger partial charge on any atom is -0.465 e. The van der Waals surface area contributed by atoms with Crippen LogP contribution >= 0.6 is 12.2 Å². The maximum atomic E-state index is 11.8. The maximum absolute atomic E-state index is 11.8. The molecule has 0 bridgehead atoms. The number of hydrogen-bond acceptors (Lipinski definition) is 3. The first-order valence-corrected chi connectivity index (χ1v) is 7.79. The van der Waals surface area contributed by atoms with Crippen molar-refractivity contribution < 1.29 is 9.53 Å². The number of methoxy groups -OCH3 is 1. The molecule has 4 nitrogen and oxygen atoms in total. The zero-order valence-electron chi connectivity index (χ0n) is 12.6. The average molecular weight is 306 g/mol. The second-order valence-corrected chi connectivity index (χ2v) is 5.74. The maximum Gasteiger partial charge on any atom is 0.339 e. The van der Waals surface area contributed by atoms with E-state index in [0.29, 0.717) is 16.4 Å². The zero-order valence-corrected chi connectivity index (χ0v) is 13.4. The summed E-state index contributed by atoms with van der Waals surface area (Å²) in [4.78, 5) is 14.0. The highest BCUT2D eigenvalue weighted by Gasteiger charge is 2.25. The summed E-state index contributed by atoms with van der Waals surface area (Å²) in [6.07, 6.45) is 3.64. The van der Waals surface area contributed by atoms with Crippen LogP contribution in [0.1, 0.15) is 36.5 Å². The van der Waals surface area contributed by atoms with E-state index >= 15 is 0 Å². The van der Waals surface area contributed by atoms with Crippen LogP contribution in [0.2, 0.25) is 0 Å². The van der Waals surface area contributed by atoms with Gasteiger partial charge in [-0.25, -0.2) is 4.79 Å². The third-order valence-electron chi connectivity index (χ3n) is 3.53. The SMILES string of the molecule is CCCN(CC1CC1)C(=S)Nc1ccccc1C(=O)OC. The average Bonchev–Trinajstić information content (AvgIpc) is 3.30. The topological polar surface area (TPSA) is 41.6 Å². The fraction of sp³-hybridized carbons (Fsp3) is 0.500. The molecule has 0 unspecified atom stereocenters. The van der Waals surface area contributed by atoms with Crippen LogP contribution in [0.25, 0.3) is 0 Å². The quantitative estimate of drug-likeness (QED) is 0.645. The van der Waals surface area contributed by atoms with Gasteiger partial charge in [-0.05, 0) is 49.5 Å². The molecule has 1 aromatic rings. The Morgan fingerprint density at radius 2 is 2.14 bits per heavy atom. The predicted molar refractivity (Wildman–Crippen MR) is 88.6 cm³/mol. The zero-order chi connectivity index (χ0) is 15.2. The first kappa shape index (κ1) is 15.8. The van der Waals surface area contributed by atoms with Crippen LogP contribution in [-0.4, -0.2) is 36.2 Å². The number of carbonyl (C=O) groups excluding carboxylic acids is 1. The second-order valence-electron chi connectivity index (χ2n) is 5.36. The van der Waals surface area contributed by atoms with E-state index in [1.165, 1.54) is 20.0 Å². The van der Waals surface area contributed by atoms with E-state index < -0.39 is 0 Å². The van der Waals surface area contributed by atoms with Crippen molar-refractivity contribution in [2.45, 2.75) is 26.2 Å². The van der Waals surface area contributed by atoms with Crippen molar-refractivity contribution in [2.75, 3.05) is 25.5 Å². The van der Waals surface area contributed by atoms with Crippen LogP contribution in [-0.2, 0) is 4.74 Å². The Hall–Kier alpha value is -1.62. The van der Waals surface area contributed by atoms with Crippen molar-refractivity contribution >= 4 is 29.0 Å². The van der Waals surface area contributed by atoms with Gasteiger partial charge in [0.05, 0.1) is 18.4 Å². The molecule has 0 radical (unpaired) electrons. The van der Waals surface area contributed by atoms with Gasteiger partial charge >= 0.3 is 5.97 Å². The molecule has 0 aliphatic heterocycles. The van der Waals surface area contributed by atoms with Crippen molar-refractivity contribution in [2.24, 2.45) is 5.92 Å². The van der Waals surface area contributed by atoms with Gasteiger partial charge in [0.2, 0.25) is 0 Å². The molecule has 0 amide bonds. The van der Waals surface area contributed by atoms with Crippen molar-refractivity contribution in [1.29, 1.82) is 0 Å². The van der Waals surface area contributed by atoms with Gasteiger partial charge in [-0.1, -0.05) is 19.1 Å². The van der Waals surface area contributed by atoms with Crippen LogP contribution in [0.3, 0.4) is 0 Å². The summed E-state index contributed by atoms with van der Waals surface area (Å²) in [6.45, 7) is 4.08. The van der Waals surface area contributed by atoms with E-state index in [2.05, 4.69) is 17.1 Å². The Morgan fingerprint density at radius 3 is 2.76 bits per heavy atom. The van der Waals surface area contributed by atoms with E-state index in [1.54, 1.807) is 6.07 Å². The molecule has 1 aliphatic carbocycles. The fourth-order valence-electron chi connectivity index (χ4n) is 2.23. The lowest BCUT2D eigenvalue weighted by molar-refractivity contribution is 0.0602. The van der Waals surface area contributed by atoms with Gasteiger partial charge < -0.3 is 15.0 Å². The molecule has 2 rings (SSSR count). The highest BCUT2D eigenvalue weighted by atomic mass is 32.1. The lowest BCUT2D eigenvalue weighted by Crippen LogP contribution is -2.37. The Kier molecular flexibility index (Phi) is 5.56. The fourth-order valence-corrected chi connectivity index (χ4v) is 2.51. The summed E-state index contributed by atoms with van der Waals surface area (Å²) in [5.41, 5.74) is 1.21. The lowest BCUT2D eigenvalue weighted by Gasteiger charge is -2.26. The monoisotopic (exact) mass is 306 g/mol. The van der Waals surface area contributed by atoms with Gasteiger partial charge in [-0.3, -0.25) is 0 Å². The first-order valence-electron chi connectivity index (χ1n) is 7.39. The Labute approximate surface area is 131 Å². The number of rotatable bonds is 6. The first-order chi connectivity index (χ1) is 10.2.